The van der Waals surface area contributed by atoms with E-state index >= 15 is 0 Å². The molecule has 0 aliphatic carbocycles. The summed E-state index contributed by atoms with van der Waals surface area (Å²) in [5, 5.41) is 15.2. The van der Waals surface area contributed by atoms with E-state index in [4.69, 9.17) is 9.94 Å². The average molecular weight is 267 g/mol. The first-order valence-electron chi connectivity index (χ1n) is 6.62. The van der Waals surface area contributed by atoms with Crippen molar-refractivity contribution < 1.29 is 19.5 Å². The SMILES string of the molecule is O=C(O)C1=NOC(C(=O)NC2CN3CCC2CC3)C1. The molecule has 4 aliphatic heterocycles. The predicted molar refractivity (Wildman–Crippen MR) is 65.7 cm³/mol. The standard InChI is InChI=1S/C12H17N3O4/c16-11(10-5-8(12(17)18)14-19-10)13-9-6-15-3-1-7(9)2-4-15/h7,9-10H,1-6H2,(H,13,16)(H,17,18). The minimum atomic E-state index is -1.13. The zero-order valence-corrected chi connectivity index (χ0v) is 10.5. The smallest absolute Gasteiger partial charge is 0.353 e. The molecule has 0 radical (unpaired) electrons. The number of hydrogen-bond acceptors (Lipinski definition) is 5. The van der Waals surface area contributed by atoms with Gasteiger partial charge in [-0.2, -0.15) is 0 Å². The van der Waals surface area contributed by atoms with Gasteiger partial charge >= 0.3 is 5.97 Å². The third kappa shape index (κ3) is 2.42. The fourth-order valence-electron chi connectivity index (χ4n) is 3.05. The van der Waals surface area contributed by atoms with Crippen molar-refractivity contribution in [3.63, 3.8) is 0 Å². The van der Waals surface area contributed by atoms with Gasteiger partial charge in [0.1, 0.15) is 0 Å². The number of nitrogens with zero attached hydrogens (tertiary/aromatic N) is 2. The number of carbonyl (C=O) groups excluding carboxylic acids is 1. The number of oxime groups is 1. The average Bonchev–Trinajstić information content (AvgIpc) is 2.90. The number of aliphatic carboxylic acids is 1. The van der Waals surface area contributed by atoms with Crippen molar-refractivity contribution in [3.8, 4) is 0 Å². The maximum Gasteiger partial charge on any atom is 0.353 e. The van der Waals surface area contributed by atoms with Crippen LogP contribution in [0.25, 0.3) is 0 Å². The number of hydrogen-bond donors (Lipinski definition) is 2. The molecule has 1 amide bonds. The molecule has 2 atom stereocenters. The zero-order chi connectivity index (χ0) is 13.4. The van der Waals surface area contributed by atoms with Crippen molar-refractivity contribution in [1.29, 1.82) is 0 Å². The van der Waals surface area contributed by atoms with Gasteiger partial charge in [-0.25, -0.2) is 4.79 Å². The van der Waals surface area contributed by atoms with Crippen LogP contribution in [0.2, 0.25) is 0 Å². The summed E-state index contributed by atoms with van der Waals surface area (Å²) in [6.45, 7) is 3.11. The molecule has 0 aromatic heterocycles. The molecule has 0 spiro atoms. The third-order valence-electron chi connectivity index (χ3n) is 4.19. The number of fused-ring (bicyclic) bond motifs is 3. The van der Waals surface area contributed by atoms with E-state index in [0.717, 1.165) is 32.5 Å². The second-order valence-electron chi connectivity index (χ2n) is 5.39. The summed E-state index contributed by atoms with van der Waals surface area (Å²) in [4.78, 5) is 30.0. The Morgan fingerprint density at radius 2 is 2.11 bits per heavy atom. The molecule has 3 fully saturated rings. The van der Waals surface area contributed by atoms with Crippen LogP contribution < -0.4 is 5.32 Å². The van der Waals surface area contributed by atoms with Gasteiger partial charge in [-0.05, 0) is 31.8 Å². The van der Waals surface area contributed by atoms with E-state index in [2.05, 4.69) is 15.4 Å². The van der Waals surface area contributed by atoms with Gasteiger partial charge in [-0.15, -0.1) is 0 Å². The highest BCUT2D eigenvalue weighted by Gasteiger charge is 2.38. The van der Waals surface area contributed by atoms with Crippen LogP contribution in [0.15, 0.2) is 5.16 Å². The number of carboxylic acid groups (broad SMARTS) is 1. The molecule has 2 N–H and O–H groups in total. The molecule has 0 aromatic carbocycles. The highest BCUT2D eigenvalue weighted by molar-refractivity contribution is 6.36. The Labute approximate surface area is 110 Å². The molecule has 4 aliphatic rings. The fourth-order valence-corrected chi connectivity index (χ4v) is 3.05. The lowest BCUT2D eigenvalue weighted by Gasteiger charge is -2.45. The van der Waals surface area contributed by atoms with E-state index in [1.807, 2.05) is 0 Å². The molecular weight excluding hydrogens is 250 g/mol. The number of rotatable bonds is 3. The van der Waals surface area contributed by atoms with Crippen LogP contribution in [0.5, 0.6) is 0 Å². The monoisotopic (exact) mass is 267 g/mol. The van der Waals surface area contributed by atoms with Crippen molar-refractivity contribution in [1.82, 2.24) is 10.2 Å². The van der Waals surface area contributed by atoms with Gasteiger partial charge in [-0.3, -0.25) is 4.79 Å². The van der Waals surface area contributed by atoms with Crippen LogP contribution >= 0.6 is 0 Å². The van der Waals surface area contributed by atoms with Gasteiger partial charge in [0.2, 0.25) is 6.10 Å². The number of carbonyl (C=O) groups is 2. The van der Waals surface area contributed by atoms with Crippen molar-refractivity contribution in [2.75, 3.05) is 19.6 Å². The van der Waals surface area contributed by atoms with Crippen molar-refractivity contribution in [2.24, 2.45) is 11.1 Å². The first-order valence-corrected chi connectivity index (χ1v) is 6.62. The summed E-state index contributed by atoms with van der Waals surface area (Å²) in [7, 11) is 0. The Morgan fingerprint density at radius 1 is 1.37 bits per heavy atom. The van der Waals surface area contributed by atoms with Gasteiger partial charge in [0, 0.05) is 19.0 Å². The molecular formula is C12H17N3O4. The first kappa shape index (κ1) is 12.4. The quantitative estimate of drug-likeness (QED) is 0.714. The molecule has 2 unspecified atom stereocenters. The van der Waals surface area contributed by atoms with E-state index < -0.39 is 12.1 Å². The normalized spacial score (nSPS) is 36.5. The second-order valence-corrected chi connectivity index (χ2v) is 5.39. The summed E-state index contributed by atoms with van der Waals surface area (Å²) >= 11 is 0. The van der Waals surface area contributed by atoms with E-state index in [9.17, 15) is 9.59 Å². The van der Waals surface area contributed by atoms with Crippen LogP contribution in [0.3, 0.4) is 0 Å². The number of nitrogens with one attached hydrogen (secondary N) is 1. The van der Waals surface area contributed by atoms with Crippen LogP contribution in [0.1, 0.15) is 19.3 Å². The molecule has 7 heteroatoms. The van der Waals surface area contributed by atoms with Crippen molar-refractivity contribution in [3.05, 3.63) is 0 Å². The Morgan fingerprint density at radius 3 is 2.63 bits per heavy atom. The van der Waals surface area contributed by atoms with Crippen molar-refractivity contribution in [2.45, 2.75) is 31.4 Å². The minimum Gasteiger partial charge on any atom is -0.477 e. The Kier molecular flexibility index (Phi) is 3.14. The topological polar surface area (TPSA) is 91.2 Å². The van der Waals surface area contributed by atoms with Crippen LogP contribution in [0.4, 0.5) is 0 Å². The lowest BCUT2D eigenvalue weighted by molar-refractivity contribution is -0.133. The second kappa shape index (κ2) is 4.80. The van der Waals surface area contributed by atoms with Crippen LogP contribution in [0, 0.1) is 5.92 Å². The van der Waals surface area contributed by atoms with E-state index in [0.29, 0.717) is 5.92 Å². The summed E-state index contributed by atoms with van der Waals surface area (Å²) in [6, 6.07) is 0.160. The van der Waals surface area contributed by atoms with E-state index in [-0.39, 0.29) is 24.1 Å². The maximum absolute atomic E-state index is 12.0. The molecule has 3 saturated heterocycles. The number of piperidine rings is 3. The predicted octanol–water partition coefficient (Wildman–Crippen LogP) is -0.574. The third-order valence-corrected chi connectivity index (χ3v) is 4.19. The summed E-state index contributed by atoms with van der Waals surface area (Å²) in [5.41, 5.74) is -0.0888. The van der Waals surface area contributed by atoms with E-state index in [1.54, 1.807) is 0 Å². The Balaban J connectivity index is 1.54. The minimum absolute atomic E-state index is 0.0439. The summed E-state index contributed by atoms with van der Waals surface area (Å²) in [5.74, 6) is -0.841. The molecule has 7 nitrogen and oxygen atoms in total. The molecule has 4 heterocycles. The van der Waals surface area contributed by atoms with Crippen molar-refractivity contribution >= 4 is 17.6 Å². The van der Waals surface area contributed by atoms with Crippen LogP contribution in [-0.4, -0.2) is 59.4 Å². The highest BCUT2D eigenvalue weighted by Crippen LogP contribution is 2.27. The zero-order valence-electron chi connectivity index (χ0n) is 10.5. The highest BCUT2D eigenvalue weighted by atomic mass is 16.6. The Bertz CT molecular complexity index is 429. The van der Waals surface area contributed by atoms with Gasteiger partial charge in [0.05, 0.1) is 0 Å². The lowest BCUT2D eigenvalue weighted by Crippen LogP contribution is -2.58. The first-order chi connectivity index (χ1) is 9.13. The molecule has 104 valence electrons. The Hall–Kier alpha value is -1.63. The lowest BCUT2D eigenvalue weighted by atomic mass is 9.84. The van der Waals surface area contributed by atoms with Gasteiger partial charge in [0.15, 0.2) is 5.71 Å². The molecule has 2 bridgehead atoms. The van der Waals surface area contributed by atoms with Gasteiger partial charge < -0.3 is 20.2 Å². The molecule has 0 aromatic rings. The number of carboxylic acids is 1. The number of amides is 1. The fraction of sp³-hybridized carbons (Fsp3) is 0.750. The van der Waals surface area contributed by atoms with Gasteiger partial charge in [-0.1, -0.05) is 5.16 Å². The van der Waals surface area contributed by atoms with Crippen LogP contribution in [-0.2, 0) is 14.4 Å². The molecule has 4 rings (SSSR count). The van der Waals surface area contributed by atoms with Gasteiger partial charge in [0.25, 0.3) is 5.91 Å². The summed E-state index contributed by atoms with van der Waals surface area (Å²) < 4.78 is 0. The largest absolute Gasteiger partial charge is 0.477 e. The maximum atomic E-state index is 12.0. The van der Waals surface area contributed by atoms with E-state index in [1.165, 1.54) is 0 Å². The molecule has 0 saturated carbocycles. The summed E-state index contributed by atoms with van der Waals surface area (Å²) in [6.07, 6.45) is 1.49. The molecule has 19 heavy (non-hydrogen) atoms.